The maximum absolute atomic E-state index is 4.19. The topological polar surface area (TPSA) is 33.1 Å². The average molecular weight is 196 g/mol. The molecule has 0 saturated carbocycles. The standard InChI is InChI=1S/C10H20N4/c1-5-11-10(8-13(2)3)9-6-12-14(4)7-9/h6-7,10-11H,5,8H2,1-4H3. The van der Waals surface area contributed by atoms with E-state index in [1.165, 1.54) is 5.56 Å². The number of hydrogen-bond donors (Lipinski definition) is 1. The molecule has 1 N–H and O–H groups in total. The molecule has 0 aliphatic carbocycles. The number of likely N-dealkylation sites (N-methyl/N-ethyl adjacent to an activating group) is 2. The molecule has 0 radical (unpaired) electrons. The monoisotopic (exact) mass is 196 g/mol. The molecule has 0 aliphatic heterocycles. The molecule has 1 atom stereocenters. The highest BCUT2D eigenvalue weighted by Gasteiger charge is 2.12. The SMILES string of the molecule is CCNC(CN(C)C)c1cnn(C)c1. The molecule has 4 heteroatoms. The van der Waals surface area contributed by atoms with Crippen LogP contribution in [0.5, 0.6) is 0 Å². The third kappa shape index (κ3) is 3.12. The highest BCUT2D eigenvalue weighted by molar-refractivity contribution is 5.10. The van der Waals surface area contributed by atoms with Crippen LogP contribution in [0.2, 0.25) is 0 Å². The smallest absolute Gasteiger partial charge is 0.0538 e. The minimum absolute atomic E-state index is 0.378. The molecular weight excluding hydrogens is 176 g/mol. The van der Waals surface area contributed by atoms with Crippen LogP contribution in [-0.2, 0) is 7.05 Å². The molecule has 0 saturated heterocycles. The third-order valence-corrected chi connectivity index (χ3v) is 2.13. The summed E-state index contributed by atoms with van der Waals surface area (Å²) in [4.78, 5) is 2.18. The number of nitrogens with one attached hydrogen (secondary N) is 1. The Kier molecular flexibility index (Phi) is 4.10. The summed E-state index contributed by atoms with van der Waals surface area (Å²) in [6.07, 6.45) is 3.99. The Morgan fingerprint density at radius 1 is 1.57 bits per heavy atom. The van der Waals surface area contributed by atoms with Crippen LogP contribution in [-0.4, -0.2) is 41.9 Å². The molecule has 1 heterocycles. The molecule has 0 spiro atoms. The molecular formula is C10H20N4. The summed E-state index contributed by atoms with van der Waals surface area (Å²) < 4.78 is 1.84. The number of aromatic nitrogens is 2. The van der Waals surface area contributed by atoms with Gasteiger partial charge in [-0.05, 0) is 20.6 Å². The van der Waals surface area contributed by atoms with Crippen molar-refractivity contribution in [2.75, 3.05) is 27.2 Å². The van der Waals surface area contributed by atoms with E-state index in [2.05, 4.69) is 42.5 Å². The van der Waals surface area contributed by atoms with Crippen LogP contribution in [0.1, 0.15) is 18.5 Å². The fraction of sp³-hybridized carbons (Fsp3) is 0.700. The third-order valence-electron chi connectivity index (χ3n) is 2.13. The zero-order chi connectivity index (χ0) is 10.6. The minimum Gasteiger partial charge on any atom is -0.309 e. The first kappa shape index (κ1) is 11.2. The van der Waals surface area contributed by atoms with Crippen LogP contribution < -0.4 is 5.32 Å². The Morgan fingerprint density at radius 3 is 2.71 bits per heavy atom. The van der Waals surface area contributed by atoms with E-state index in [-0.39, 0.29) is 0 Å². The summed E-state index contributed by atoms with van der Waals surface area (Å²) in [7, 11) is 6.11. The van der Waals surface area contributed by atoms with Gasteiger partial charge in [-0.3, -0.25) is 4.68 Å². The van der Waals surface area contributed by atoms with Crippen LogP contribution >= 0.6 is 0 Å². The van der Waals surface area contributed by atoms with Crippen molar-refractivity contribution in [3.05, 3.63) is 18.0 Å². The van der Waals surface area contributed by atoms with Gasteiger partial charge in [0.15, 0.2) is 0 Å². The summed E-state index contributed by atoms with van der Waals surface area (Å²) in [5, 5.41) is 7.63. The van der Waals surface area contributed by atoms with Crippen molar-refractivity contribution in [2.24, 2.45) is 7.05 Å². The Hall–Kier alpha value is -0.870. The van der Waals surface area contributed by atoms with Gasteiger partial charge in [0.2, 0.25) is 0 Å². The predicted molar refractivity (Wildman–Crippen MR) is 58.2 cm³/mol. The van der Waals surface area contributed by atoms with Gasteiger partial charge in [0.05, 0.1) is 6.20 Å². The normalized spacial score (nSPS) is 13.5. The van der Waals surface area contributed by atoms with Crippen LogP contribution in [0.3, 0.4) is 0 Å². The lowest BCUT2D eigenvalue weighted by Gasteiger charge is -2.20. The molecule has 1 aromatic heterocycles. The maximum atomic E-state index is 4.19. The zero-order valence-electron chi connectivity index (χ0n) is 9.49. The number of rotatable bonds is 5. The summed E-state index contributed by atoms with van der Waals surface area (Å²) in [5.74, 6) is 0. The summed E-state index contributed by atoms with van der Waals surface area (Å²) in [6, 6.07) is 0.378. The Balaban J connectivity index is 2.66. The van der Waals surface area contributed by atoms with E-state index in [9.17, 15) is 0 Å². The van der Waals surface area contributed by atoms with Gasteiger partial charge in [0.1, 0.15) is 0 Å². The van der Waals surface area contributed by atoms with Crippen LogP contribution in [0, 0.1) is 0 Å². The van der Waals surface area contributed by atoms with Crippen molar-refractivity contribution in [3.63, 3.8) is 0 Å². The molecule has 0 fully saturated rings. The first-order valence-corrected chi connectivity index (χ1v) is 5.00. The van der Waals surface area contributed by atoms with Crippen molar-refractivity contribution >= 4 is 0 Å². The first-order chi connectivity index (χ1) is 6.63. The minimum atomic E-state index is 0.378. The highest BCUT2D eigenvalue weighted by atomic mass is 15.2. The summed E-state index contributed by atoms with van der Waals surface area (Å²) in [6.45, 7) is 4.10. The predicted octanol–water partition coefficient (Wildman–Crippen LogP) is 0.632. The Morgan fingerprint density at radius 2 is 2.29 bits per heavy atom. The lowest BCUT2D eigenvalue weighted by Crippen LogP contribution is -2.30. The number of hydrogen-bond acceptors (Lipinski definition) is 3. The lowest BCUT2D eigenvalue weighted by molar-refractivity contribution is 0.345. The molecule has 0 amide bonds. The molecule has 0 aromatic carbocycles. The van der Waals surface area contributed by atoms with Crippen molar-refractivity contribution < 1.29 is 0 Å². The van der Waals surface area contributed by atoms with E-state index in [0.717, 1.165) is 13.1 Å². The Bertz CT molecular complexity index is 267. The fourth-order valence-electron chi connectivity index (χ4n) is 1.52. The second-order valence-corrected chi connectivity index (χ2v) is 3.82. The van der Waals surface area contributed by atoms with Crippen molar-refractivity contribution in [1.29, 1.82) is 0 Å². The van der Waals surface area contributed by atoms with E-state index in [4.69, 9.17) is 0 Å². The molecule has 0 aliphatic rings. The van der Waals surface area contributed by atoms with E-state index in [0.29, 0.717) is 6.04 Å². The van der Waals surface area contributed by atoms with E-state index >= 15 is 0 Å². The molecule has 0 bridgehead atoms. The lowest BCUT2D eigenvalue weighted by atomic mass is 10.1. The number of nitrogens with zero attached hydrogens (tertiary/aromatic N) is 3. The van der Waals surface area contributed by atoms with Crippen LogP contribution in [0.15, 0.2) is 12.4 Å². The van der Waals surface area contributed by atoms with E-state index in [1.807, 2.05) is 17.9 Å². The van der Waals surface area contributed by atoms with Gasteiger partial charge in [-0.25, -0.2) is 0 Å². The zero-order valence-corrected chi connectivity index (χ0v) is 9.49. The second kappa shape index (κ2) is 5.12. The van der Waals surface area contributed by atoms with Gasteiger partial charge in [0.25, 0.3) is 0 Å². The fourth-order valence-corrected chi connectivity index (χ4v) is 1.52. The Labute approximate surface area is 85.9 Å². The molecule has 1 aromatic rings. The summed E-state index contributed by atoms with van der Waals surface area (Å²) >= 11 is 0. The van der Waals surface area contributed by atoms with E-state index < -0.39 is 0 Å². The molecule has 1 rings (SSSR count). The highest BCUT2D eigenvalue weighted by Crippen LogP contribution is 2.11. The molecule has 4 nitrogen and oxygen atoms in total. The van der Waals surface area contributed by atoms with Crippen molar-refractivity contribution in [1.82, 2.24) is 20.0 Å². The second-order valence-electron chi connectivity index (χ2n) is 3.82. The quantitative estimate of drug-likeness (QED) is 0.750. The van der Waals surface area contributed by atoms with Crippen molar-refractivity contribution in [3.8, 4) is 0 Å². The molecule has 1 unspecified atom stereocenters. The summed E-state index contributed by atoms with van der Waals surface area (Å²) in [5.41, 5.74) is 1.25. The maximum Gasteiger partial charge on any atom is 0.0538 e. The van der Waals surface area contributed by atoms with Crippen molar-refractivity contribution in [2.45, 2.75) is 13.0 Å². The van der Waals surface area contributed by atoms with Gasteiger partial charge >= 0.3 is 0 Å². The van der Waals surface area contributed by atoms with Gasteiger partial charge in [-0.2, -0.15) is 5.10 Å². The number of aryl methyl sites for hydroxylation is 1. The average Bonchev–Trinajstić information content (AvgIpc) is 2.50. The first-order valence-electron chi connectivity index (χ1n) is 5.00. The largest absolute Gasteiger partial charge is 0.309 e. The van der Waals surface area contributed by atoms with Crippen LogP contribution in [0.25, 0.3) is 0 Å². The van der Waals surface area contributed by atoms with Gasteiger partial charge < -0.3 is 10.2 Å². The van der Waals surface area contributed by atoms with Gasteiger partial charge in [-0.15, -0.1) is 0 Å². The molecule has 14 heavy (non-hydrogen) atoms. The van der Waals surface area contributed by atoms with Gasteiger partial charge in [-0.1, -0.05) is 6.92 Å². The van der Waals surface area contributed by atoms with Crippen LogP contribution in [0.4, 0.5) is 0 Å². The van der Waals surface area contributed by atoms with Gasteiger partial charge in [0, 0.05) is 31.4 Å². The molecule has 80 valence electrons. The van der Waals surface area contributed by atoms with E-state index in [1.54, 1.807) is 0 Å².